The van der Waals surface area contributed by atoms with Crippen LogP contribution >= 0.6 is 12.2 Å². The highest BCUT2D eigenvalue weighted by atomic mass is 32.1. The van der Waals surface area contributed by atoms with Gasteiger partial charge in [-0.1, -0.05) is 36.5 Å². The van der Waals surface area contributed by atoms with Gasteiger partial charge in [0.05, 0.1) is 12.0 Å². The Labute approximate surface area is 122 Å². The summed E-state index contributed by atoms with van der Waals surface area (Å²) >= 11 is 4.91. The van der Waals surface area contributed by atoms with Crippen LogP contribution in [0.3, 0.4) is 0 Å². The van der Waals surface area contributed by atoms with E-state index in [9.17, 15) is 0 Å². The third-order valence-corrected chi connectivity index (χ3v) is 3.38. The summed E-state index contributed by atoms with van der Waals surface area (Å²) in [7, 11) is 0. The number of benzene rings is 1. The number of thiocarbonyl (C=S) groups is 1. The summed E-state index contributed by atoms with van der Waals surface area (Å²) in [4.78, 5) is 8.66. The molecular weight excluding hydrogens is 266 g/mol. The second kappa shape index (κ2) is 5.35. The molecule has 0 amide bonds. The molecule has 2 aromatic heterocycles. The van der Waals surface area contributed by atoms with Crippen molar-refractivity contribution in [3.05, 3.63) is 66.4 Å². The van der Waals surface area contributed by atoms with Gasteiger partial charge in [-0.3, -0.25) is 4.98 Å². The van der Waals surface area contributed by atoms with Crippen molar-refractivity contribution in [3.63, 3.8) is 0 Å². The number of pyridine rings is 1. The first kappa shape index (κ1) is 12.7. The molecular formula is C16H13N3S. The van der Waals surface area contributed by atoms with Crippen molar-refractivity contribution >= 4 is 17.6 Å². The lowest BCUT2D eigenvalue weighted by Crippen LogP contribution is -1.91. The average Bonchev–Trinajstić information content (AvgIpc) is 2.97. The van der Waals surface area contributed by atoms with Crippen LogP contribution in [0.1, 0.15) is 11.3 Å². The summed E-state index contributed by atoms with van der Waals surface area (Å²) in [6.07, 6.45) is 5.64. The van der Waals surface area contributed by atoms with E-state index < -0.39 is 0 Å². The Bertz CT molecular complexity index is 744. The molecule has 0 aliphatic carbocycles. The fourth-order valence-electron chi connectivity index (χ4n) is 2.04. The summed E-state index contributed by atoms with van der Waals surface area (Å²) in [6, 6.07) is 12.1. The highest BCUT2D eigenvalue weighted by Gasteiger charge is 2.04. The van der Waals surface area contributed by atoms with E-state index in [1.807, 2.05) is 60.4 Å². The molecule has 0 saturated carbocycles. The molecule has 0 bridgehead atoms. The maximum Gasteiger partial charge on any atom is 0.0999 e. The van der Waals surface area contributed by atoms with Crippen LogP contribution in [0.25, 0.3) is 16.9 Å². The minimum absolute atomic E-state index is 0.940. The zero-order chi connectivity index (χ0) is 13.9. The van der Waals surface area contributed by atoms with Gasteiger partial charge in [0.2, 0.25) is 0 Å². The molecule has 0 radical (unpaired) electrons. The summed E-state index contributed by atoms with van der Waals surface area (Å²) in [5.74, 6) is 0. The molecule has 0 unspecified atom stereocenters. The average molecular weight is 279 g/mol. The van der Waals surface area contributed by atoms with E-state index in [4.69, 9.17) is 12.2 Å². The van der Waals surface area contributed by atoms with Crippen molar-refractivity contribution in [2.45, 2.75) is 6.92 Å². The molecule has 0 fully saturated rings. The minimum atomic E-state index is 0.940. The first-order valence-electron chi connectivity index (χ1n) is 6.29. The fraction of sp³-hybridized carbons (Fsp3) is 0.0625. The Balaban J connectivity index is 1.95. The van der Waals surface area contributed by atoms with Gasteiger partial charge in [-0.05, 0) is 24.6 Å². The topological polar surface area (TPSA) is 30.7 Å². The van der Waals surface area contributed by atoms with Gasteiger partial charge in [0.1, 0.15) is 0 Å². The summed E-state index contributed by atoms with van der Waals surface area (Å²) in [5.41, 5.74) is 5.10. The smallest absolute Gasteiger partial charge is 0.0999 e. The van der Waals surface area contributed by atoms with Crippen LogP contribution in [0.4, 0.5) is 0 Å². The van der Waals surface area contributed by atoms with E-state index in [0.717, 1.165) is 28.2 Å². The largest absolute Gasteiger partial charge is 0.306 e. The van der Waals surface area contributed by atoms with Gasteiger partial charge in [-0.2, -0.15) is 0 Å². The van der Waals surface area contributed by atoms with Crippen LogP contribution in [0.15, 0.2) is 55.1 Å². The molecule has 3 rings (SSSR count). The van der Waals surface area contributed by atoms with E-state index in [-0.39, 0.29) is 0 Å². The molecule has 3 aromatic rings. The van der Waals surface area contributed by atoms with Crippen molar-refractivity contribution in [1.82, 2.24) is 14.5 Å². The number of nitrogens with zero attached hydrogens (tertiary/aromatic N) is 3. The number of imidazole rings is 1. The Morgan fingerprint density at radius 2 is 1.90 bits per heavy atom. The molecule has 0 atom stereocenters. The second-order valence-corrected chi connectivity index (χ2v) is 4.80. The first-order chi connectivity index (χ1) is 9.76. The molecule has 0 aliphatic rings. The zero-order valence-corrected chi connectivity index (χ0v) is 11.8. The van der Waals surface area contributed by atoms with Crippen molar-refractivity contribution in [2.75, 3.05) is 0 Å². The molecule has 1 aromatic carbocycles. The first-order valence-corrected chi connectivity index (χ1v) is 6.76. The predicted octanol–water partition coefficient (Wildman–Crippen LogP) is 3.59. The third kappa shape index (κ3) is 2.51. The van der Waals surface area contributed by atoms with Gasteiger partial charge >= 0.3 is 0 Å². The number of hydrogen-bond donors (Lipinski definition) is 0. The molecule has 3 nitrogen and oxygen atoms in total. The van der Waals surface area contributed by atoms with Gasteiger partial charge < -0.3 is 4.57 Å². The van der Waals surface area contributed by atoms with Crippen LogP contribution in [-0.4, -0.2) is 19.9 Å². The minimum Gasteiger partial charge on any atom is -0.306 e. The maximum absolute atomic E-state index is 4.91. The quantitative estimate of drug-likeness (QED) is 0.686. The van der Waals surface area contributed by atoms with Gasteiger partial charge in [0, 0.05) is 34.7 Å². The number of aryl methyl sites for hydroxylation is 1. The van der Waals surface area contributed by atoms with E-state index in [1.165, 1.54) is 0 Å². The SMILES string of the molecule is Cc1cc(-n2cnc(-c3ccc(C=S)cc3)c2)ccn1. The lowest BCUT2D eigenvalue weighted by atomic mass is 10.1. The van der Waals surface area contributed by atoms with Crippen molar-refractivity contribution in [2.24, 2.45) is 0 Å². The summed E-state index contributed by atoms with van der Waals surface area (Å²) in [6.45, 7) is 1.98. The summed E-state index contributed by atoms with van der Waals surface area (Å²) < 4.78 is 2.00. The molecule has 0 saturated heterocycles. The number of aromatic nitrogens is 3. The van der Waals surface area contributed by atoms with Crippen LogP contribution in [0.2, 0.25) is 0 Å². The maximum atomic E-state index is 4.91. The molecule has 0 N–H and O–H groups in total. The van der Waals surface area contributed by atoms with Crippen LogP contribution in [0, 0.1) is 6.92 Å². The molecule has 0 aliphatic heterocycles. The second-order valence-electron chi connectivity index (χ2n) is 4.56. The van der Waals surface area contributed by atoms with Crippen molar-refractivity contribution in [1.29, 1.82) is 0 Å². The molecule has 4 heteroatoms. The molecule has 0 spiro atoms. The Kier molecular flexibility index (Phi) is 3.39. The zero-order valence-electron chi connectivity index (χ0n) is 11.0. The predicted molar refractivity (Wildman–Crippen MR) is 84.3 cm³/mol. The Morgan fingerprint density at radius 1 is 1.10 bits per heavy atom. The van der Waals surface area contributed by atoms with Gasteiger partial charge in [-0.25, -0.2) is 4.98 Å². The van der Waals surface area contributed by atoms with E-state index in [0.29, 0.717) is 0 Å². The number of hydrogen-bond acceptors (Lipinski definition) is 3. The van der Waals surface area contributed by atoms with Crippen molar-refractivity contribution in [3.8, 4) is 16.9 Å². The van der Waals surface area contributed by atoms with E-state index in [2.05, 4.69) is 9.97 Å². The standard InChI is InChI=1S/C16H13N3S/c1-12-8-15(6-7-17-12)19-9-16(18-11-19)14-4-2-13(10-20)3-5-14/h2-11H,1H3. The molecule has 98 valence electrons. The number of rotatable bonds is 3. The summed E-state index contributed by atoms with van der Waals surface area (Å²) in [5, 5.41) is 1.67. The van der Waals surface area contributed by atoms with Crippen molar-refractivity contribution < 1.29 is 0 Å². The lowest BCUT2D eigenvalue weighted by molar-refractivity contribution is 1.03. The molecule has 20 heavy (non-hydrogen) atoms. The van der Waals surface area contributed by atoms with Crippen LogP contribution in [0.5, 0.6) is 0 Å². The normalized spacial score (nSPS) is 10.4. The van der Waals surface area contributed by atoms with Crippen LogP contribution < -0.4 is 0 Å². The lowest BCUT2D eigenvalue weighted by Gasteiger charge is -2.02. The molecule has 2 heterocycles. The monoisotopic (exact) mass is 279 g/mol. The Hall–Kier alpha value is -2.33. The van der Waals surface area contributed by atoms with Gasteiger partial charge in [0.15, 0.2) is 0 Å². The third-order valence-electron chi connectivity index (χ3n) is 3.10. The fourth-order valence-corrected chi connectivity index (χ4v) is 2.19. The van der Waals surface area contributed by atoms with E-state index in [1.54, 1.807) is 11.6 Å². The van der Waals surface area contributed by atoms with E-state index >= 15 is 0 Å². The van der Waals surface area contributed by atoms with Gasteiger partial charge in [-0.15, -0.1) is 0 Å². The van der Waals surface area contributed by atoms with Crippen LogP contribution in [-0.2, 0) is 0 Å². The highest BCUT2D eigenvalue weighted by molar-refractivity contribution is 7.79. The Morgan fingerprint density at radius 3 is 2.60 bits per heavy atom. The van der Waals surface area contributed by atoms with Gasteiger partial charge in [0.25, 0.3) is 0 Å². The highest BCUT2D eigenvalue weighted by Crippen LogP contribution is 2.19.